The third-order valence-corrected chi connectivity index (χ3v) is 8.44. The van der Waals surface area contributed by atoms with Crippen molar-refractivity contribution in [3.05, 3.63) is 100 Å². The highest BCUT2D eigenvalue weighted by atomic mass is 35.5. The molecule has 41 heavy (non-hydrogen) atoms. The Morgan fingerprint density at radius 2 is 1.85 bits per heavy atom. The number of para-hydroxylation sites is 2. The molecule has 2 aliphatic heterocycles. The number of nitrogens with one attached hydrogen (secondary N) is 2. The zero-order valence-electron chi connectivity index (χ0n) is 21.8. The summed E-state index contributed by atoms with van der Waals surface area (Å²) in [5.74, 6) is -2.16. The van der Waals surface area contributed by atoms with Crippen molar-refractivity contribution in [2.24, 2.45) is 0 Å². The Bertz CT molecular complexity index is 1720. The smallest absolute Gasteiger partial charge is 0.332 e. The van der Waals surface area contributed by atoms with Crippen molar-refractivity contribution in [2.45, 2.75) is 24.5 Å². The number of benzene rings is 3. The minimum absolute atomic E-state index is 0.0321. The number of aromatic nitrogens is 1. The zero-order chi connectivity index (χ0) is 28.8. The standard InChI is InChI=1S/C30H25ClN4O5S/c1-41-15-22(29(38)39)33-27(36)19-10-3-5-12-23(19)35-28(37)24-14-20-18-9-2-4-11-21(18)32-25(20)26(34(24)30(35)40)16-7-6-8-17(31)13-16/h2-13,22,24,26,32H,14-15H2,1H3,(H,33,36)(H,38,39)/t22-,24-,26?/m0/s1. The number of nitrogens with zero attached hydrogens (tertiary/aromatic N) is 2. The van der Waals surface area contributed by atoms with E-state index in [2.05, 4.69) is 10.3 Å². The molecule has 0 radical (unpaired) electrons. The summed E-state index contributed by atoms with van der Waals surface area (Å²) in [4.78, 5) is 59.3. The van der Waals surface area contributed by atoms with Gasteiger partial charge in [0, 0.05) is 33.8 Å². The predicted octanol–water partition coefficient (Wildman–Crippen LogP) is 4.85. The van der Waals surface area contributed by atoms with Crippen LogP contribution in [-0.4, -0.2) is 62.9 Å². The van der Waals surface area contributed by atoms with Crippen LogP contribution in [0.3, 0.4) is 0 Å². The van der Waals surface area contributed by atoms with Gasteiger partial charge in [-0.15, -0.1) is 0 Å². The van der Waals surface area contributed by atoms with Crippen molar-refractivity contribution in [3.63, 3.8) is 0 Å². The van der Waals surface area contributed by atoms with Crippen molar-refractivity contribution < 1.29 is 24.3 Å². The van der Waals surface area contributed by atoms with Crippen LogP contribution in [-0.2, 0) is 16.0 Å². The molecule has 1 aromatic heterocycles. The number of H-pyrrole nitrogens is 1. The molecule has 3 atom stereocenters. The number of thioether (sulfide) groups is 1. The fraction of sp³-hybridized carbons (Fsp3) is 0.200. The van der Waals surface area contributed by atoms with E-state index < -0.39 is 41.9 Å². The molecule has 3 N–H and O–H groups in total. The fourth-order valence-electron chi connectivity index (χ4n) is 5.76. The Labute approximate surface area is 244 Å². The average Bonchev–Trinajstić information content (AvgIpc) is 3.45. The lowest BCUT2D eigenvalue weighted by Gasteiger charge is -2.36. The van der Waals surface area contributed by atoms with Gasteiger partial charge < -0.3 is 15.4 Å². The second kappa shape index (κ2) is 10.6. The molecule has 1 fully saturated rings. The average molecular weight is 589 g/mol. The third-order valence-electron chi connectivity index (χ3n) is 7.54. The van der Waals surface area contributed by atoms with Gasteiger partial charge in [-0.05, 0) is 47.7 Å². The zero-order valence-corrected chi connectivity index (χ0v) is 23.4. The molecule has 11 heteroatoms. The van der Waals surface area contributed by atoms with Crippen molar-refractivity contribution in [2.75, 3.05) is 16.9 Å². The van der Waals surface area contributed by atoms with Crippen LogP contribution in [0.1, 0.15) is 33.2 Å². The molecule has 0 aliphatic carbocycles. The highest BCUT2D eigenvalue weighted by Crippen LogP contribution is 2.45. The molecule has 3 aromatic carbocycles. The SMILES string of the molecule is CSC[C@H](NC(=O)c1ccccc1N1C(=O)[C@@H]2Cc3c([nH]c4ccccc34)C(c3cccc(Cl)c3)N2C1=O)C(=O)O. The fourth-order valence-corrected chi connectivity index (χ4v) is 6.52. The number of carbonyl (C=O) groups excluding carboxylic acids is 3. The number of aliphatic carboxylic acids is 1. The Morgan fingerprint density at radius 3 is 2.61 bits per heavy atom. The topological polar surface area (TPSA) is 123 Å². The lowest BCUT2D eigenvalue weighted by Crippen LogP contribution is -2.44. The second-order valence-corrected chi connectivity index (χ2v) is 11.3. The first-order chi connectivity index (χ1) is 19.8. The Morgan fingerprint density at radius 1 is 1.10 bits per heavy atom. The number of aromatic amines is 1. The number of imide groups is 1. The maximum atomic E-state index is 14.2. The van der Waals surface area contributed by atoms with Crippen LogP contribution in [0.25, 0.3) is 10.9 Å². The summed E-state index contributed by atoms with van der Waals surface area (Å²) < 4.78 is 0. The molecule has 0 bridgehead atoms. The van der Waals surface area contributed by atoms with Crippen LogP contribution in [0.15, 0.2) is 72.8 Å². The number of amides is 4. The highest BCUT2D eigenvalue weighted by Gasteiger charge is 2.53. The lowest BCUT2D eigenvalue weighted by atomic mass is 9.89. The first kappa shape index (κ1) is 26.9. The van der Waals surface area contributed by atoms with Gasteiger partial charge in [-0.2, -0.15) is 11.8 Å². The van der Waals surface area contributed by atoms with Gasteiger partial charge in [-0.1, -0.05) is 54.1 Å². The van der Waals surface area contributed by atoms with E-state index in [0.717, 1.165) is 32.6 Å². The molecule has 3 heterocycles. The maximum Gasteiger partial charge on any atom is 0.332 e. The van der Waals surface area contributed by atoms with Crippen LogP contribution in [0, 0.1) is 0 Å². The Kier molecular flexibility index (Phi) is 6.96. The minimum Gasteiger partial charge on any atom is -0.480 e. The monoisotopic (exact) mass is 588 g/mol. The van der Waals surface area contributed by atoms with Gasteiger partial charge in [0.25, 0.3) is 11.8 Å². The van der Waals surface area contributed by atoms with Crippen molar-refractivity contribution >= 4 is 63.8 Å². The molecule has 1 unspecified atom stereocenters. The third kappa shape index (κ3) is 4.53. The van der Waals surface area contributed by atoms with E-state index in [1.54, 1.807) is 41.5 Å². The van der Waals surface area contributed by atoms with Crippen LogP contribution < -0.4 is 10.2 Å². The largest absolute Gasteiger partial charge is 0.480 e. The summed E-state index contributed by atoms with van der Waals surface area (Å²) in [5, 5.41) is 13.5. The van der Waals surface area contributed by atoms with Gasteiger partial charge in [0.2, 0.25) is 0 Å². The van der Waals surface area contributed by atoms with Gasteiger partial charge in [-0.3, -0.25) is 14.5 Å². The quantitative estimate of drug-likeness (QED) is 0.265. The van der Waals surface area contributed by atoms with E-state index in [0.29, 0.717) is 11.4 Å². The van der Waals surface area contributed by atoms with Crippen molar-refractivity contribution in [1.82, 2.24) is 15.2 Å². The molecule has 4 aromatic rings. The van der Waals surface area contributed by atoms with Gasteiger partial charge in [0.1, 0.15) is 18.1 Å². The summed E-state index contributed by atoms with van der Waals surface area (Å²) in [7, 11) is 0. The molecule has 1 saturated heterocycles. The Hall–Kier alpha value is -4.28. The molecule has 9 nitrogen and oxygen atoms in total. The van der Waals surface area contributed by atoms with Gasteiger partial charge in [0.15, 0.2) is 0 Å². The van der Waals surface area contributed by atoms with E-state index in [9.17, 15) is 24.3 Å². The number of fused-ring (bicyclic) bond motifs is 4. The maximum absolute atomic E-state index is 14.2. The molecule has 4 amide bonds. The van der Waals surface area contributed by atoms with E-state index in [1.165, 1.54) is 23.9 Å². The van der Waals surface area contributed by atoms with E-state index >= 15 is 0 Å². The number of halogens is 1. The number of hydrogen-bond donors (Lipinski definition) is 3. The van der Waals surface area contributed by atoms with Crippen LogP contribution in [0.5, 0.6) is 0 Å². The van der Waals surface area contributed by atoms with Crippen LogP contribution in [0.4, 0.5) is 10.5 Å². The van der Waals surface area contributed by atoms with Crippen LogP contribution >= 0.6 is 23.4 Å². The normalized spacial score (nSPS) is 18.8. The molecular weight excluding hydrogens is 564 g/mol. The molecular formula is C30H25ClN4O5S. The van der Waals surface area contributed by atoms with Gasteiger partial charge >= 0.3 is 12.0 Å². The highest BCUT2D eigenvalue weighted by molar-refractivity contribution is 7.98. The summed E-state index contributed by atoms with van der Waals surface area (Å²) in [5.41, 5.74) is 3.53. The van der Waals surface area contributed by atoms with Crippen molar-refractivity contribution in [1.29, 1.82) is 0 Å². The number of carbonyl (C=O) groups is 4. The molecule has 0 saturated carbocycles. The first-order valence-electron chi connectivity index (χ1n) is 12.9. The van der Waals surface area contributed by atoms with Crippen LogP contribution in [0.2, 0.25) is 5.02 Å². The van der Waals surface area contributed by atoms with E-state index in [4.69, 9.17) is 11.6 Å². The van der Waals surface area contributed by atoms with Crippen molar-refractivity contribution in [3.8, 4) is 0 Å². The second-order valence-electron chi connectivity index (χ2n) is 9.94. The number of anilines is 1. The number of urea groups is 1. The summed E-state index contributed by atoms with van der Waals surface area (Å²) in [6.07, 6.45) is 2.03. The number of hydrogen-bond acceptors (Lipinski definition) is 5. The number of rotatable bonds is 7. The minimum atomic E-state index is -1.17. The number of carboxylic acids is 1. The predicted molar refractivity (Wildman–Crippen MR) is 158 cm³/mol. The summed E-state index contributed by atoms with van der Waals surface area (Å²) in [6.45, 7) is 0. The molecule has 0 spiro atoms. The van der Waals surface area contributed by atoms with E-state index in [1.807, 2.05) is 30.3 Å². The molecule has 2 aliphatic rings. The Balaban J connectivity index is 1.44. The van der Waals surface area contributed by atoms with Gasteiger partial charge in [-0.25, -0.2) is 14.5 Å². The first-order valence-corrected chi connectivity index (χ1v) is 14.7. The summed E-state index contributed by atoms with van der Waals surface area (Å²) >= 11 is 7.65. The molecule has 6 rings (SSSR count). The van der Waals surface area contributed by atoms with Gasteiger partial charge in [0.05, 0.1) is 11.3 Å². The lowest BCUT2D eigenvalue weighted by molar-refractivity contribution is -0.138. The number of carboxylic acid groups (broad SMARTS) is 1. The molecule has 208 valence electrons. The van der Waals surface area contributed by atoms with E-state index in [-0.39, 0.29) is 17.0 Å². The summed E-state index contributed by atoms with van der Waals surface area (Å²) in [6, 6.07) is 18.1.